The van der Waals surface area contributed by atoms with E-state index in [0.717, 1.165) is 0 Å². The molecule has 1 aliphatic rings. The van der Waals surface area contributed by atoms with Gasteiger partial charge in [-0.1, -0.05) is 18.2 Å². The van der Waals surface area contributed by atoms with Gasteiger partial charge in [-0.3, -0.25) is 0 Å². The molecule has 1 aromatic carbocycles. The molecule has 0 bridgehead atoms. The maximum Gasteiger partial charge on any atom is 0.126 e. The van der Waals surface area contributed by atoms with E-state index in [1.165, 1.54) is 40.6 Å². The third kappa shape index (κ3) is 2.32. The summed E-state index contributed by atoms with van der Waals surface area (Å²) in [7, 11) is 0. The third-order valence-electron chi connectivity index (χ3n) is 3.43. The Bertz CT molecular complexity index is 540. The summed E-state index contributed by atoms with van der Waals surface area (Å²) in [5.74, 6) is -0.160. The van der Waals surface area contributed by atoms with Crippen LogP contribution in [0.4, 0.5) is 4.39 Å². The number of rotatable bonds is 3. The van der Waals surface area contributed by atoms with Gasteiger partial charge in [-0.05, 0) is 48.9 Å². The van der Waals surface area contributed by atoms with E-state index in [0.29, 0.717) is 12.0 Å². The molecule has 3 heteroatoms. The Kier molecular flexibility index (Phi) is 3.40. The summed E-state index contributed by atoms with van der Waals surface area (Å²) in [6.45, 7) is 0. The molecule has 94 valence electrons. The summed E-state index contributed by atoms with van der Waals surface area (Å²) in [6, 6.07) is 9.09. The van der Waals surface area contributed by atoms with Gasteiger partial charge in [-0.25, -0.2) is 4.39 Å². The summed E-state index contributed by atoms with van der Waals surface area (Å²) in [4.78, 5) is 2.66. The zero-order valence-electron chi connectivity index (χ0n) is 9.96. The summed E-state index contributed by atoms with van der Waals surface area (Å²) in [5, 5.41) is -0.113. The minimum absolute atomic E-state index is 0.113. The van der Waals surface area contributed by atoms with Gasteiger partial charge in [-0.2, -0.15) is 0 Å². The van der Waals surface area contributed by atoms with Crippen LogP contribution in [0, 0.1) is 5.82 Å². The van der Waals surface area contributed by atoms with Crippen molar-refractivity contribution in [1.82, 2.24) is 0 Å². The minimum atomic E-state index is -0.160. The van der Waals surface area contributed by atoms with Crippen LogP contribution in [-0.2, 0) is 19.3 Å². The van der Waals surface area contributed by atoms with Crippen molar-refractivity contribution in [3.8, 4) is 0 Å². The van der Waals surface area contributed by atoms with Crippen LogP contribution in [0.5, 0.6) is 0 Å². The average Bonchev–Trinajstić information content (AvgIpc) is 2.92. The van der Waals surface area contributed by atoms with E-state index in [1.807, 2.05) is 12.1 Å². The molecule has 0 radical (unpaired) electrons. The number of hydrogen-bond donors (Lipinski definition) is 0. The molecule has 1 unspecified atom stereocenters. The molecule has 0 amide bonds. The van der Waals surface area contributed by atoms with Crippen molar-refractivity contribution in [2.75, 3.05) is 0 Å². The Labute approximate surface area is 115 Å². The summed E-state index contributed by atoms with van der Waals surface area (Å²) < 4.78 is 13.6. The number of hydrogen-bond acceptors (Lipinski definition) is 1. The lowest BCUT2D eigenvalue weighted by atomic mass is 10.1. The number of halogens is 2. The fourth-order valence-electron chi connectivity index (χ4n) is 2.46. The molecule has 0 saturated heterocycles. The van der Waals surface area contributed by atoms with Crippen LogP contribution >= 0.6 is 22.9 Å². The van der Waals surface area contributed by atoms with Crippen molar-refractivity contribution < 1.29 is 4.39 Å². The Morgan fingerprint density at radius 1 is 1.28 bits per heavy atom. The first-order valence-electron chi connectivity index (χ1n) is 6.23. The van der Waals surface area contributed by atoms with Gasteiger partial charge >= 0.3 is 0 Å². The summed E-state index contributed by atoms with van der Waals surface area (Å²) in [5.41, 5.74) is 2.15. The fraction of sp³-hybridized carbons (Fsp3) is 0.333. The summed E-state index contributed by atoms with van der Waals surface area (Å²) in [6.07, 6.45) is 4.19. The molecule has 3 rings (SSSR count). The molecule has 1 heterocycles. The second-order valence-corrected chi connectivity index (χ2v) is 6.41. The van der Waals surface area contributed by atoms with Crippen molar-refractivity contribution in [3.05, 3.63) is 57.0 Å². The SMILES string of the molecule is Fc1ccccc1CC(Cl)c1cc2c(s1)CCC2. The van der Waals surface area contributed by atoms with Crippen LogP contribution in [0.15, 0.2) is 30.3 Å². The van der Waals surface area contributed by atoms with Crippen LogP contribution < -0.4 is 0 Å². The Morgan fingerprint density at radius 2 is 2.11 bits per heavy atom. The molecule has 1 atom stereocenters. The van der Waals surface area contributed by atoms with Crippen molar-refractivity contribution >= 4 is 22.9 Å². The van der Waals surface area contributed by atoms with Crippen molar-refractivity contribution in [2.45, 2.75) is 31.1 Å². The number of aryl methyl sites for hydroxylation is 2. The first kappa shape index (κ1) is 12.2. The smallest absolute Gasteiger partial charge is 0.126 e. The highest BCUT2D eigenvalue weighted by Crippen LogP contribution is 2.37. The van der Waals surface area contributed by atoms with Crippen LogP contribution in [0.25, 0.3) is 0 Å². The minimum Gasteiger partial charge on any atom is -0.207 e. The fourth-order valence-corrected chi connectivity index (χ4v) is 4.06. The standard InChI is InChI=1S/C15H14ClFS/c16-12(8-10-4-1-2-6-13(10)17)15-9-11-5-3-7-14(11)18-15/h1-2,4,6,9,12H,3,5,7-8H2. The van der Waals surface area contributed by atoms with E-state index in [1.54, 1.807) is 17.4 Å². The van der Waals surface area contributed by atoms with E-state index in [4.69, 9.17) is 11.6 Å². The predicted molar refractivity (Wildman–Crippen MR) is 75.0 cm³/mol. The molecule has 1 aromatic heterocycles. The van der Waals surface area contributed by atoms with Gasteiger partial charge in [0.15, 0.2) is 0 Å². The van der Waals surface area contributed by atoms with E-state index >= 15 is 0 Å². The average molecular weight is 281 g/mol. The predicted octanol–water partition coefficient (Wildman–Crippen LogP) is 4.90. The lowest BCUT2D eigenvalue weighted by Gasteiger charge is -2.08. The van der Waals surface area contributed by atoms with Crippen LogP contribution in [0.1, 0.15) is 32.7 Å². The highest BCUT2D eigenvalue weighted by atomic mass is 35.5. The second-order valence-electron chi connectivity index (χ2n) is 4.71. The lowest BCUT2D eigenvalue weighted by molar-refractivity contribution is 0.607. The van der Waals surface area contributed by atoms with Gasteiger partial charge in [0.25, 0.3) is 0 Å². The van der Waals surface area contributed by atoms with Gasteiger partial charge in [0.05, 0.1) is 5.38 Å². The van der Waals surface area contributed by atoms with Gasteiger partial charge in [0.1, 0.15) is 5.82 Å². The largest absolute Gasteiger partial charge is 0.207 e. The van der Waals surface area contributed by atoms with Crippen molar-refractivity contribution in [3.63, 3.8) is 0 Å². The molecule has 0 aliphatic heterocycles. The van der Waals surface area contributed by atoms with Gasteiger partial charge in [0.2, 0.25) is 0 Å². The van der Waals surface area contributed by atoms with Crippen molar-refractivity contribution in [2.24, 2.45) is 0 Å². The highest BCUT2D eigenvalue weighted by molar-refractivity contribution is 7.12. The molecule has 0 saturated carbocycles. The Morgan fingerprint density at radius 3 is 2.89 bits per heavy atom. The molecule has 0 nitrogen and oxygen atoms in total. The molecule has 0 N–H and O–H groups in total. The maximum atomic E-state index is 13.6. The Balaban J connectivity index is 1.78. The van der Waals surface area contributed by atoms with Gasteiger partial charge in [-0.15, -0.1) is 22.9 Å². The first-order valence-corrected chi connectivity index (χ1v) is 7.48. The van der Waals surface area contributed by atoms with Gasteiger partial charge < -0.3 is 0 Å². The van der Waals surface area contributed by atoms with Crippen LogP contribution in [0.3, 0.4) is 0 Å². The van der Waals surface area contributed by atoms with E-state index < -0.39 is 0 Å². The quantitative estimate of drug-likeness (QED) is 0.702. The lowest BCUT2D eigenvalue weighted by Crippen LogP contribution is -1.96. The van der Waals surface area contributed by atoms with E-state index in [9.17, 15) is 4.39 Å². The van der Waals surface area contributed by atoms with Gasteiger partial charge in [0, 0.05) is 9.75 Å². The van der Waals surface area contributed by atoms with E-state index in [-0.39, 0.29) is 11.2 Å². The van der Waals surface area contributed by atoms with Crippen LogP contribution in [-0.4, -0.2) is 0 Å². The second kappa shape index (κ2) is 5.02. The highest BCUT2D eigenvalue weighted by Gasteiger charge is 2.19. The molecule has 1 aliphatic carbocycles. The molecular weight excluding hydrogens is 267 g/mol. The normalized spacial score (nSPS) is 15.7. The zero-order chi connectivity index (χ0) is 12.5. The number of benzene rings is 1. The summed E-state index contributed by atoms with van der Waals surface area (Å²) >= 11 is 8.22. The molecule has 0 fully saturated rings. The maximum absolute atomic E-state index is 13.6. The first-order chi connectivity index (χ1) is 8.74. The molecular formula is C15H14ClFS. The number of alkyl halides is 1. The molecule has 0 spiro atoms. The molecule has 18 heavy (non-hydrogen) atoms. The van der Waals surface area contributed by atoms with E-state index in [2.05, 4.69) is 6.07 Å². The zero-order valence-corrected chi connectivity index (χ0v) is 11.5. The van der Waals surface area contributed by atoms with Crippen LogP contribution in [0.2, 0.25) is 0 Å². The molecule has 2 aromatic rings. The topological polar surface area (TPSA) is 0 Å². The number of thiophene rings is 1. The number of fused-ring (bicyclic) bond motifs is 1. The Hall–Kier alpha value is -0.860. The third-order valence-corrected chi connectivity index (χ3v) is 5.30. The van der Waals surface area contributed by atoms with Crippen molar-refractivity contribution in [1.29, 1.82) is 0 Å². The monoisotopic (exact) mass is 280 g/mol.